The van der Waals surface area contributed by atoms with E-state index in [0.717, 1.165) is 0 Å². The van der Waals surface area contributed by atoms with Crippen LogP contribution in [0.3, 0.4) is 0 Å². The maximum absolute atomic E-state index is 9.10. The molecule has 3 rings (SSSR count). The summed E-state index contributed by atoms with van der Waals surface area (Å²) in [6.07, 6.45) is 4.59. The van der Waals surface area contributed by atoms with Crippen molar-refractivity contribution in [3.05, 3.63) is 0 Å². The highest BCUT2D eigenvalue weighted by atomic mass is 16.6. The predicted molar refractivity (Wildman–Crippen MR) is 58.9 cm³/mol. The zero-order chi connectivity index (χ0) is 12.9. The second-order valence-corrected chi connectivity index (χ2v) is 4.20. The van der Waals surface area contributed by atoms with Gasteiger partial charge in [-0.15, -0.1) is 0 Å². The van der Waals surface area contributed by atoms with Crippen LogP contribution in [0.1, 0.15) is 12.8 Å². The number of hydrogen-bond donors (Lipinski definition) is 2. The topological polar surface area (TPSA) is 99.4 Å². The molecule has 0 atom stereocenters. The van der Waals surface area contributed by atoms with Gasteiger partial charge < -0.3 is 20.0 Å². The third kappa shape index (κ3) is 3.70. The maximum Gasteiger partial charge on any atom is 0.414 e. The van der Waals surface area contributed by atoms with E-state index in [2.05, 4.69) is 14.9 Å². The van der Waals surface area contributed by atoms with Gasteiger partial charge in [0.15, 0.2) is 0 Å². The van der Waals surface area contributed by atoms with Gasteiger partial charge >= 0.3 is 11.9 Å². The van der Waals surface area contributed by atoms with Gasteiger partial charge in [-0.1, -0.05) is 5.16 Å². The highest BCUT2D eigenvalue weighted by molar-refractivity contribution is 6.27. The molecule has 2 N–H and O–H groups in total. The first kappa shape index (κ1) is 13.4. The molecule has 0 aromatic carbocycles. The average Bonchev–Trinajstić information content (AvgIpc) is 2.27. The molecule has 3 heterocycles. The second kappa shape index (κ2) is 5.62. The summed E-state index contributed by atoms with van der Waals surface area (Å²) >= 11 is 0. The van der Waals surface area contributed by atoms with Crippen LogP contribution in [0.25, 0.3) is 0 Å². The van der Waals surface area contributed by atoms with Crippen molar-refractivity contribution in [1.82, 2.24) is 4.90 Å². The molecular formula is C10H16N2O5. The van der Waals surface area contributed by atoms with Crippen LogP contribution in [0.2, 0.25) is 0 Å². The van der Waals surface area contributed by atoms with Gasteiger partial charge in [0.25, 0.3) is 0 Å². The normalized spacial score (nSPS) is 29.8. The lowest BCUT2D eigenvalue weighted by atomic mass is 9.73. The monoisotopic (exact) mass is 244 g/mol. The van der Waals surface area contributed by atoms with Crippen molar-refractivity contribution >= 4 is 18.2 Å². The van der Waals surface area contributed by atoms with Crippen molar-refractivity contribution in [1.29, 1.82) is 0 Å². The Labute approximate surface area is 98.7 Å². The Morgan fingerprint density at radius 2 is 1.94 bits per heavy atom. The van der Waals surface area contributed by atoms with Crippen molar-refractivity contribution in [3.8, 4) is 0 Å². The molecular weight excluding hydrogens is 228 g/mol. The summed E-state index contributed by atoms with van der Waals surface area (Å²) in [6, 6.07) is 0. The minimum Gasteiger partial charge on any atom is -0.473 e. The fourth-order valence-corrected chi connectivity index (χ4v) is 2.13. The van der Waals surface area contributed by atoms with Crippen molar-refractivity contribution in [2.45, 2.75) is 12.8 Å². The molecule has 0 unspecified atom stereocenters. The number of nitrogens with zero attached hydrogens (tertiary/aromatic N) is 2. The first-order chi connectivity index (χ1) is 7.99. The molecule has 3 aliphatic rings. The number of oxime groups is 1. The third-order valence-electron chi connectivity index (χ3n) is 2.84. The highest BCUT2D eigenvalue weighted by Crippen LogP contribution is 2.38. The average molecular weight is 244 g/mol. The van der Waals surface area contributed by atoms with E-state index in [0.29, 0.717) is 5.41 Å². The molecule has 0 amide bonds. The summed E-state index contributed by atoms with van der Waals surface area (Å²) < 4.78 is 0. The van der Waals surface area contributed by atoms with Gasteiger partial charge in [0.1, 0.15) is 7.11 Å². The molecule has 3 saturated heterocycles. The maximum atomic E-state index is 9.10. The molecule has 0 saturated carbocycles. The number of carboxylic acids is 2. The Morgan fingerprint density at radius 1 is 1.35 bits per heavy atom. The zero-order valence-electron chi connectivity index (χ0n) is 9.63. The summed E-state index contributed by atoms with van der Waals surface area (Å²) in [5.41, 5.74) is 0.383. The predicted octanol–water partition coefficient (Wildman–Crippen LogP) is -0.130. The number of piperidine rings is 2. The fourth-order valence-electron chi connectivity index (χ4n) is 2.13. The summed E-state index contributed by atoms with van der Waals surface area (Å²) in [5.74, 6) is -3.65. The molecule has 0 aromatic rings. The Kier molecular flexibility index (Phi) is 4.45. The molecule has 0 radical (unpaired) electrons. The largest absolute Gasteiger partial charge is 0.473 e. The van der Waals surface area contributed by atoms with Gasteiger partial charge in [-0.2, -0.15) is 0 Å². The first-order valence-corrected chi connectivity index (χ1v) is 5.25. The van der Waals surface area contributed by atoms with E-state index in [1.807, 2.05) is 6.21 Å². The van der Waals surface area contributed by atoms with E-state index >= 15 is 0 Å². The molecule has 0 aliphatic carbocycles. The van der Waals surface area contributed by atoms with E-state index in [1.165, 1.54) is 32.5 Å². The molecule has 7 heteroatoms. The number of carbonyl (C=O) groups is 2. The Hall–Kier alpha value is -1.63. The third-order valence-corrected chi connectivity index (χ3v) is 2.84. The van der Waals surface area contributed by atoms with Crippen LogP contribution < -0.4 is 0 Å². The van der Waals surface area contributed by atoms with Gasteiger partial charge in [0.05, 0.1) is 6.21 Å². The Balaban J connectivity index is 0.000000209. The van der Waals surface area contributed by atoms with Gasteiger partial charge in [-0.25, -0.2) is 9.59 Å². The lowest BCUT2D eigenvalue weighted by molar-refractivity contribution is -0.159. The smallest absolute Gasteiger partial charge is 0.414 e. The van der Waals surface area contributed by atoms with Crippen LogP contribution in [-0.4, -0.2) is 60.0 Å². The highest BCUT2D eigenvalue weighted by Gasteiger charge is 2.44. The SMILES string of the molecule is CON=CC12CCCN(C1)C2.O=C(O)C(=O)O. The lowest BCUT2D eigenvalue weighted by Gasteiger charge is -2.52. The van der Waals surface area contributed by atoms with Gasteiger partial charge in [0.2, 0.25) is 0 Å². The van der Waals surface area contributed by atoms with E-state index in [9.17, 15) is 0 Å². The molecule has 7 nitrogen and oxygen atoms in total. The van der Waals surface area contributed by atoms with Crippen LogP contribution in [0.4, 0.5) is 0 Å². The van der Waals surface area contributed by atoms with Crippen molar-refractivity contribution < 1.29 is 24.6 Å². The van der Waals surface area contributed by atoms with Crippen molar-refractivity contribution in [2.24, 2.45) is 10.6 Å². The van der Waals surface area contributed by atoms with Crippen LogP contribution in [0, 0.1) is 5.41 Å². The van der Waals surface area contributed by atoms with Gasteiger partial charge in [-0.3, -0.25) is 0 Å². The Morgan fingerprint density at radius 3 is 2.29 bits per heavy atom. The summed E-state index contributed by atoms with van der Waals surface area (Å²) in [7, 11) is 1.60. The fraction of sp³-hybridized carbons (Fsp3) is 0.700. The molecule has 0 aromatic heterocycles. The molecule has 3 aliphatic heterocycles. The molecule has 96 valence electrons. The van der Waals surface area contributed by atoms with E-state index in [1.54, 1.807) is 7.11 Å². The number of rotatable bonds is 2. The van der Waals surface area contributed by atoms with Crippen LogP contribution in [0.15, 0.2) is 5.16 Å². The first-order valence-electron chi connectivity index (χ1n) is 5.25. The number of fused-ring (bicyclic) bond motifs is 2. The minimum atomic E-state index is -1.82. The van der Waals surface area contributed by atoms with Crippen LogP contribution in [0.5, 0.6) is 0 Å². The van der Waals surface area contributed by atoms with Crippen LogP contribution >= 0.6 is 0 Å². The standard InChI is InChI=1S/C8H14N2O.C2H2O4/c1-11-9-5-8-3-2-4-10(6-8)7-8;3-1(4)2(5)6/h5H,2-4,6-7H2,1H3;(H,3,4)(H,5,6). The molecule has 3 fully saturated rings. The summed E-state index contributed by atoms with van der Waals surface area (Å²) in [4.78, 5) is 25.3. The van der Waals surface area contributed by atoms with E-state index < -0.39 is 11.9 Å². The lowest BCUT2D eigenvalue weighted by Crippen LogP contribution is -2.60. The van der Waals surface area contributed by atoms with Gasteiger partial charge in [-0.05, 0) is 19.4 Å². The number of hydrogen-bond acceptors (Lipinski definition) is 5. The minimum absolute atomic E-state index is 0.383. The van der Waals surface area contributed by atoms with E-state index in [-0.39, 0.29) is 0 Å². The molecule has 17 heavy (non-hydrogen) atoms. The van der Waals surface area contributed by atoms with E-state index in [4.69, 9.17) is 19.8 Å². The summed E-state index contributed by atoms with van der Waals surface area (Å²) in [5, 5.41) is 18.6. The second-order valence-electron chi connectivity index (χ2n) is 4.20. The van der Waals surface area contributed by atoms with Crippen molar-refractivity contribution in [3.63, 3.8) is 0 Å². The summed E-state index contributed by atoms with van der Waals surface area (Å²) in [6.45, 7) is 3.67. The number of aliphatic carboxylic acids is 2. The van der Waals surface area contributed by atoms with Gasteiger partial charge in [0, 0.05) is 18.5 Å². The molecule has 2 bridgehead atoms. The zero-order valence-corrected chi connectivity index (χ0v) is 9.63. The van der Waals surface area contributed by atoms with Crippen molar-refractivity contribution in [2.75, 3.05) is 26.7 Å². The van der Waals surface area contributed by atoms with Crippen LogP contribution in [-0.2, 0) is 14.4 Å². The molecule has 0 spiro atoms. The Bertz CT molecular complexity index is 305. The number of carboxylic acid groups (broad SMARTS) is 2. The quantitative estimate of drug-likeness (QED) is 0.399.